The number of amides is 1. The summed E-state index contributed by atoms with van der Waals surface area (Å²) in [5.74, 6) is 1.86. The lowest BCUT2D eigenvalue weighted by Crippen LogP contribution is -2.25. The lowest BCUT2D eigenvalue weighted by atomic mass is 9.89. The highest BCUT2D eigenvalue weighted by atomic mass is 32.2. The third-order valence-corrected chi connectivity index (χ3v) is 5.55. The first-order valence-electron chi connectivity index (χ1n) is 8.97. The van der Waals surface area contributed by atoms with Crippen molar-refractivity contribution in [1.82, 2.24) is 25.7 Å². The van der Waals surface area contributed by atoms with E-state index in [9.17, 15) is 4.79 Å². The second-order valence-electron chi connectivity index (χ2n) is 6.48. The van der Waals surface area contributed by atoms with Crippen LogP contribution in [-0.4, -0.2) is 38.6 Å². The van der Waals surface area contributed by atoms with Gasteiger partial charge in [0.1, 0.15) is 10.5 Å². The molecule has 2 N–H and O–H groups in total. The van der Waals surface area contributed by atoms with Gasteiger partial charge in [-0.05, 0) is 31.0 Å². The van der Waals surface area contributed by atoms with Gasteiger partial charge in [-0.3, -0.25) is 4.79 Å². The molecule has 0 saturated heterocycles. The molecule has 1 fully saturated rings. The molecule has 3 aromatic rings. The molecule has 1 aromatic carbocycles. The molecular weight excluding hydrogens is 350 g/mol. The summed E-state index contributed by atoms with van der Waals surface area (Å²) >= 11 is 1.54. The summed E-state index contributed by atoms with van der Waals surface area (Å²) in [7, 11) is 0. The van der Waals surface area contributed by atoms with Crippen molar-refractivity contribution in [2.24, 2.45) is 0 Å². The fraction of sp³-hybridized carbons (Fsp3) is 0.444. The summed E-state index contributed by atoms with van der Waals surface area (Å²) < 4.78 is 5.96. The van der Waals surface area contributed by atoms with Gasteiger partial charge in [0.2, 0.25) is 0 Å². The zero-order chi connectivity index (χ0) is 17.8. The highest BCUT2D eigenvalue weighted by Crippen LogP contribution is 2.33. The number of nitrogens with one attached hydrogen (secondary N) is 2. The van der Waals surface area contributed by atoms with Gasteiger partial charge in [-0.25, -0.2) is 4.98 Å². The summed E-state index contributed by atoms with van der Waals surface area (Å²) in [5, 5.41) is 14.0. The van der Waals surface area contributed by atoms with Gasteiger partial charge in [-0.2, -0.15) is 10.3 Å². The van der Waals surface area contributed by atoms with Crippen molar-refractivity contribution in [2.75, 3.05) is 12.3 Å². The maximum absolute atomic E-state index is 12.3. The minimum absolute atomic E-state index is 0.108. The van der Waals surface area contributed by atoms with Gasteiger partial charge in [0, 0.05) is 23.8 Å². The van der Waals surface area contributed by atoms with E-state index >= 15 is 0 Å². The van der Waals surface area contributed by atoms with Crippen LogP contribution in [0.25, 0.3) is 11.1 Å². The van der Waals surface area contributed by atoms with Crippen LogP contribution in [0.15, 0.2) is 33.8 Å². The van der Waals surface area contributed by atoms with Crippen LogP contribution in [0.3, 0.4) is 0 Å². The van der Waals surface area contributed by atoms with Gasteiger partial charge >= 0.3 is 0 Å². The molecule has 2 heterocycles. The Labute approximate surface area is 155 Å². The molecule has 1 amide bonds. The number of nitrogens with zero attached hydrogens (tertiary/aromatic N) is 3. The second kappa shape index (κ2) is 7.90. The maximum Gasteiger partial charge on any atom is 0.251 e. The van der Waals surface area contributed by atoms with Gasteiger partial charge < -0.3 is 9.73 Å². The zero-order valence-corrected chi connectivity index (χ0v) is 15.2. The third-order valence-electron chi connectivity index (χ3n) is 4.65. The van der Waals surface area contributed by atoms with Gasteiger partial charge in [0.15, 0.2) is 11.5 Å². The lowest BCUT2D eigenvalue weighted by Gasteiger charge is -2.17. The number of carbonyl (C=O) groups is 1. The Morgan fingerprint density at radius 3 is 3.00 bits per heavy atom. The fourth-order valence-corrected chi connectivity index (χ4v) is 3.94. The molecule has 0 radical (unpaired) electrons. The van der Waals surface area contributed by atoms with Crippen molar-refractivity contribution in [3.63, 3.8) is 0 Å². The molecule has 2 aromatic heterocycles. The number of aromatic amines is 1. The molecule has 7 nitrogen and oxygen atoms in total. The molecule has 0 spiro atoms. The average molecular weight is 371 g/mol. The highest BCUT2D eigenvalue weighted by Gasteiger charge is 2.21. The first kappa shape index (κ1) is 17.1. The number of fused-ring (bicyclic) bond motifs is 1. The zero-order valence-electron chi connectivity index (χ0n) is 14.4. The Kier molecular flexibility index (Phi) is 5.19. The smallest absolute Gasteiger partial charge is 0.251 e. The van der Waals surface area contributed by atoms with Crippen LogP contribution >= 0.6 is 11.8 Å². The van der Waals surface area contributed by atoms with E-state index in [2.05, 4.69) is 25.7 Å². The number of hydrogen-bond donors (Lipinski definition) is 2. The predicted molar refractivity (Wildman–Crippen MR) is 99.3 cm³/mol. The molecule has 0 unspecified atom stereocenters. The van der Waals surface area contributed by atoms with Crippen LogP contribution in [0.1, 0.15) is 54.3 Å². The molecule has 8 heteroatoms. The van der Waals surface area contributed by atoms with Crippen molar-refractivity contribution in [2.45, 2.75) is 43.0 Å². The molecule has 26 heavy (non-hydrogen) atoms. The van der Waals surface area contributed by atoms with Crippen LogP contribution in [0.5, 0.6) is 0 Å². The number of hydrogen-bond acceptors (Lipinski definition) is 6. The van der Waals surface area contributed by atoms with Crippen LogP contribution < -0.4 is 5.32 Å². The molecule has 4 rings (SSSR count). The molecule has 136 valence electrons. The number of carbonyl (C=O) groups excluding carboxylic acids is 1. The molecule has 0 bridgehead atoms. The Balaban J connectivity index is 1.37. The number of benzene rings is 1. The maximum atomic E-state index is 12.3. The average Bonchev–Trinajstić information content (AvgIpc) is 3.34. The van der Waals surface area contributed by atoms with Crippen LogP contribution in [0.4, 0.5) is 0 Å². The van der Waals surface area contributed by atoms with E-state index in [0.29, 0.717) is 23.6 Å². The Bertz CT molecular complexity index is 871. The van der Waals surface area contributed by atoms with Crippen LogP contribution in [-0.2, 0) is 0 Å². The fourth-order valence-electron chi connectivity index (χ4n) is 3.29. The first-order chi connectivity index (χ1) is 12.8. The van der Waals surface area contributed by atoms with Gasteiger partial charge in [0.05, 0.1) is 6.20 Å². The van der Waals surface area contributed by atoms with Crippen molar-refractivity contribution < 1.29 is 9.21 Å². The van der Waals surface area contributed by atoms with Crippen LogP contribution in [0, 0.1) is 0 Å². The minimum Gasteiger partial charge on any atom is -0.440 e. The van der Waals surface area contributed by atoms with Gasteiger partial charge in [-0.1, -0.05) is 19.3 Å². The standard InChI is InChI=1S/C18H21N5O2S/c24-17(19-8-9-26-16-11-20-23-22-16)13-6-7-14-15(10-13)25-18(21-14)12-4-2-1-3-5-12/h6-7,10-12H,1-5,8-9H2,(H,19,24)(H,20,22,23). The summed E-state index contributed by atoms with van der Waals surface area (Å²) in [5.41, 5.74) is 2.11. The SMILES string of the molecule is O=C(NCCSc1cn[nH]n1)c1ccc2nc(C3CCCCC3)oc2c1. The number of aromatic nitrogens is 4. The normalized spacial score (nSPS) is 15.4. The van der Waals surface area contributed by atoms with E-state index in [4.69, 9.17) is 4.42 Å². The quantitative estimate of drug-likeness (QED) is 0.508. The highest BCUT2D eigenvalue weighted by molar-refractivity contribution is 7.99. The van der Waals surface area contributed by atoms with Gasteiger partial charge in [-0.15, -0.1) is 16.9 Å². The summed E-state index contributed by atoms with van der Waals surface area (Å²) in [6.45, 7) is 0.554. The van der Waals surface area contributed by atoms with E-state index in [1.165, 1.54) is 31.0 Å². The van der Waals surface area contributed by atoms with E-state index < -0.39 is 0 Å². The van der Waals surface area contributed by atoms with Crippen molar-refractivity contribution >= 4 is 28.8 Å². The minimum atomic E-state index is -0.108. The molecule has 1 saturated carbocycles. The lowest BCUT2D eigenvalue weighted by molar-refractivity contribution is 0.0956. The van der Waals surface area contributed by atoms with Gasteiger partial charge in [0.25, 0.3) is 5.91 Å². The summed E-state index contributed by atoms with van der Waals surface area (Å²) in [6.07, 6.45) is 7.73. The Hall–Kier alpha value is -2.35. The molecule has 0 aliphatic heterocycles. The number of thioether (sulfide) groups is 1. The summed E-state index contributed by atoms with van der Waals surface area (Å²) in [4.78, 5) is 17.0. The largest absolute Gasteiger partial charge is 0.440 e. The van der Waals surface area contributed by atoms with E-state index in [1.807, 2.05) is 6.07 Å². The van der Waals surface area contributed by atoms with E-state index in [-0.39, 0.29) is 5.91 Å². The molecule has 1 aliphatic rings. The predicted octanol–water partition coefficient (Wildman–Crippen LogP) is 3.52. The van der Waals surface area contributed by atoms with Crippen molar-refractivity contribution in [1.29, 1.82) is 0 Å². The number of rotatable bonds is 6. The van der Waals surface area contributed by atoms with Crippen molar-refractivity contribution in [3.8, 4) is 0 Å². The van der Waals surface area contributed by atoms with Crippen molar-refractivity contribution in [3.05, 3.63) is 35.9 Å². The topological polar surface area (TPSA) is 96.7 Å². The number of oxazole rings is 1. The van der Waals surface area contributed by atoms with Crippen LogP contribution in [0.2, 0.25) is 0 Å². The third kappa shape index (κ3) is 3.90. The monoisotopic (exact) mass is 371 g/mol. The molecule has 1 aliphatic carbocycles. The second-order valence-corrected chi connectivity index (χ2v) is 7.60. The van der Waals surface area contributed by atoms with E-state index in [1.54, 1.807) is 18.3 Å². The Morgan fingerprint density at radius 2 is 2.19 bits per heavy atom. The Morgan fingerprint density at radius 1 is 1.31 bits per heavy atom. The number of H-pyrrole nitrogens is 1. The first-order valence-corrected chi connectivity index (χ1v) is 9.95. The van der Waals surface area contributed by atoms with E-state index in [0.717, 1.165) is 35.0 Å². The molecular formula is C18H21N5O2S. The molecule has 0 atom stereocenters. The summed E-state index contributed by atoms with van der Waals surface area (Å²) in [6, 6.07) is 5.45.